The maximum atomic E-state index is 13.1. The molecule has 3 nitrogen and oxygen atoms in total. The Hall–Kier alpha value is -1.84. The van der Waals surface area contributed by atoms with Gasteiger partial charge in [-0.1, -0.05) is 48.0 Å². The van der Waals surface area contributed by atoms with E-state index in [0.717, 1.165) is 57.0 Å². The molecule has 26 heavy (non-hydrogen) atoms. The highest BCUT2D eigenvalue weighted by molar-refractivity contribution is 6.30. The van der Waals surface area contributed by atoms with Crippen LogP contribution in [-0.2, 0) is 24.3 Å². The quantitative estimate of drug-likeness (QED) is 0.813. The number of piperidine rings is 1. The number of halogens is 1. The van der Waals surface area contributed by atoms with Crippen LogP contribution in [-0.4, -0.2) is 35.3 Å². The number of hydrogen-bond acceptors (Lipinski definition) is 2. The summed E-state index contributed by atoms with van der Waals surface area (Å²) in [6.07, 6.45) is 3.08. The van der Waals surface area contributed by atoms with Gasteiger partial charge in [-0.3, -0.25) is 9.69 Å². The minimum atomic E-state index is 0.126. The van der Waals surface area contributed by atoms with E-state index in [2.05, 4.69) is 46.2 Å². The highest BCUT2D eigenvalue weighted by Gasteiger charge is 2.30. The van der Waals surface area contributed by atoms with E-state index in [1.165, 1.54) is 16.7 Å². The van der Waals surface area contributed by atoms with Crippen LogP contribution in [0.15, 0.2) is 48.5 Å². The number of benzene rings is 2. The summed E-state index contributed by atoms with van der Waals surface area (Å²) in [5.74, 6) is 0.460. The van der Waals surface area contributed by atoms with Crippen molar-refractivity contribution >= 4 is 17.5 Å². The van der Waals surface area contributed by atoms with Gasteiger partial charge >= 0.3 is 0 Å². The van der Waals surface area contributed by atoms with Gasteiger partial charge in [-0.05, 0) is 54.6 Å². The van der Waals surface area contributed by atoms with Crippen molar-refractivity contribution in [2.75, 3.05) is 19.6 Å². The predicted octanol–water partition coefficient (Wildman–Crippen LogP) is 4.14. The molecule has 136 valence electrons. The van der Waals surface area contributed by atoms with Crippen LogP contribution in [0.1, 0.15) is 29.5 Å². The van der Waals surface area contributed by atoms with Gasteiger partial charge in [0.05, 0.1) is 5.92 Å². The highest BCUT2D eigenvalue weighted by atomic mass is 35.5. The Morgan fingerprint density at radius 3 is 2.62 bits per heavy atom. The molecule has 0 aromatic heterocycles. The van der Waals surface area contributed by atoms with E-state index in [9.17, 15) is 4.79 Å². The molecule has 4 rings (SSSR count). The number of carbonyl (C=O) groups excluding carboxylic acids is 1. The van der Waals surface area contributed by atoms with Crippen molar-refractivity contribution in [3.8, 4) is 0 Å². The molecule has 4 heteroatoms. The average Bonchev–Trinajstić information content (AvgIpc) is 2.69. The lowest BCUT2D eigenvalue weighted by molar-refractivity contribution is -0.138. The molecule has 0 spiro atoms. The lowest BCUT2D eigenvalue weighted by Gasteiger charge is -2.36. The zero-order valence-corrected chi connectivity index (χ0v) is 15.8. The minimum absolute atomic E-state index is 0.126. The third-order valence-electron chi connectivity index (χ3n) is 5.62. The molecule has 0 radical (unpaired) electrons. The molecular weight excluding hydrogens is 344 g/mol. The van der Waals surface area contributed by atoms with Gasteiger partial charge in [-0.15, -0.1) is 0 Å². The van der Waals surface area contributed by atoms with Crippen molar-refractivity contribution in [1.29, 1.82) is 0 Å². The number of nitrogens with zero attached hydrogens (tertiary/aromatic N) is 2. The van der Waals surface area contributed by atoms with Crippen LogP contribution in [0.2, 0.25) is 5.02 Å². The first-order valence-electron chi connectivity index (χ1n) is 9.51. The average molecular weight is 369 g/mol. The molecule has 1 fully saturated rings. The monoisotopic (exact) mass is 368 g/mol. The summed E-state index contributed by atoms with van der Waals surface area (Å²) >= 11 is 5.98. The Morgan fingerprint density at radius 2 is 1.81 bits per heavy atom. The van der Waals surface area contributed by atoms with Crippen molar-refractivity contribution < 1.29 is 4.79 Å². The fourth-order valence-corrected chi connectivity index (χ4v) is 4.32. The molecule has 1 saturated heterocycles. The fourth-order valence-electron chi connectivity index (χ4n) is 4.19. The second kappa shape index (κ2) is 7.81. The number of hydrogen-bond donors (Lipinski definition) is 0. The number of carbonyl (C=O) groups is 1. The molecule has 2 aliphatic rings. The molecule has 2 heterocycles. The highest BCUT2D eigenvalue weighted by Crippen LogP contribution is 2.25. The van der Waals surface area contributed by atoms with Crippen LogP contribution in [0.3, 0.4) is 0 Å². The van der Waals surface area contributed by atoms with Crippen LogP contribution in [0, 0.1) is 5.92 Å². The third-order valence-corrected chi connectivity index (χ3v) is 5.87. The zero-order valence-electron chi connectivity index (χ0n) is 15.0. The first-order chi connectivity index (χ1) is 12.7. The third kappa shape index (κ3) is 3.94. The van der Waals surface area contributed by atoms with Crippen LogP contribution < -0.4 is 0 Å². The van der Waals surface area contributed by atoms with Gasteiger partial charge in [0, 0.05) is 31.2 Å². The minimum Gasteiger partial charge on any atom is -0.338 e. The summed E-state index contributed by atoms with van der Waals surface area (Å²) < 4.78 is 0. The van der Waals surface area contributed by atoms with Crippen LogP contribution >= 0.6 is 11.6 Å². The molecule has 1 atom stereocenters. The number of likely N-dealkylation sites (tertiary alicyclic amines) is 1. The summed E-state index contributed by atoms with van der Waals surface area (Å²) in [5, 5.41) is 0.769. The van der Waals surface area contributed by atoms with Gasteiger partial charge < -0.3 is 4.90 Å². The molecule has 0 N–H and O–H groups in total. The van der Waals surface area contributed by atoms with E-state index in [-0.39, 0.29) is 5.92 Å². The van der Waals surface area contributed by atoms with E-state index < -0.39 is 0 Å². The summed E-state index contributed by atoms with van der Waals surface area (Å²) in [6.45, 7) is 4.44. The van der Waals surface area contributed by atoms with Gasteiger partial charge in [0.25, 0.3) is 0 Å². The van der Waals surface area contributed by atoms with Gasteiger partial charge in [-0.2, -0.15) is 0 Å². The van der Waals surface area contributed by atoms with Gasteiger partial charge in [0.1, 0.15) is 0 Å². The summed E-state index contributed by atoms with van der Waals surface area (Å²) in [7, 11) is 0. The molecule has 0 unspecified atom stereocenters. The normalized spacial score (nSPS) is 20.7. The van der Waals surface area contributed by atoms with Gasteiger partial charge in [0.2, 0.25) is 5.91 Å². The smallest absolute Gasteiger partial charge is 0.227 e. The Kier molecular flexibility index (Phi) is 5.28. The molecule has 2 aliphatic heterocycles. The number of rotatable bonds is 3. The van der Waals surface area contributed by atoms with E-state index in [1.54, 1.807) is 0 Å². The molecule has 0 bridgehead atoms. The van der Waals surface area contributed by atoms with Gasteiger partial charge in [-0.25, -0.2) is 0 Å². The van der Waals surface area contributed by atoms with E-state index in [1.807, 2.05) is 12.1 Å². The second-order valence-corrected chi connectivity index (χ2v) is 7.92. The molecule has 2 aromatic rings. The van der Waals surface area contributed by atoms with Crippen LogP contribution in [0.25, 0.3) is 0 Å². The largest absolute Gasteiger partial charge is 0.338 e. The number of amides is 1. The van der Waals surface area contributed by atoms with Gasteiger partial charge in [0.15, 0.2) is 0 Å². The Labute approximate surface area is 160 Å². The maximum Gasteiger partial charge on any atom is 0.227 e. The van der Waals surface area contributed by atoms with Crippen LogP contribution in [0.4, 0.5) is 0 Å². The van der Waals surface area contributed by atoms with Crippen molar-refractivity contribution in [3.63, 3.8) is 0 Å². The summed E-state index contributed by atoms with van der Waals surface area (Å²) in [5.41, 5.74) is 3.96. The van der Waals surface area contributed by atoms with E-state index >= 15 is 0 Å². The molecular formula is C22H25ClN2O. The Bertz CT molecular complexity index is 774. The Morgan fingerprint density at radius 1 is 1.04 bits per heavy atom. The predicted molar refractivity (Wildman–Crippen MR) is 105 cm³/mol. The lowest BCUT2D eigenvalue weighted by atomic mass is 9.93. The molecule has 0 saturated carbocycles. The second-order valence-electron chi connectivity index (χ2n) is 7.48. The van der Waals surface area contributed by atoms with E-state index in [4.69, 9.17) is 11.6 Å². The molecule has 2 aromatic carbocycles. The van der Waals surface area contributed by atoms with E-state index in [0.29, 0.717) is 5.91 Å². The SMILES string of the molecule is O=C([C@H]1CCCN(Cc2ccc(Cl)cc2)C1)N1CCc2ccccc2C1. The summed E-state index contributed by atoms with van der Waals surface area (Å²) in [6, 6.07) is 16.5. The van der Waals surface area contributed by atoms with Crippen molar-refractivity contribution in [1.82, 2.24) is 9.80 Å². The first-order valence-corrected chi connectivity index (χ1v) is 9.89. The summed E-state index contributed by atoms with van der Waals surface area (Å²) in [4.78, 5) is 17.6. The van der Waals surface area contributed by atoms with Crippen molar-refractivity contribution in [2.45, 2.75) is 32.4 Å². The fraction of sp³-hybridized carbons (Fsp3) is 0.409. The molecule has 0 aliphatic carbocycles. The molecule has 1 amide bonds. The Balaban J connectivity index is 1.38. The lowest BCUT2D eigenvalue weighted by Crippen LogP contribution is -2.46. The number of fused-ring (bicyclic) bond motifs is 1. The maximum absolute atomic E-state index is 13.1. The van der Waals surface area contributed by atoms with Crippen molar-refractivity contribution in [2.24, 2.45) is 5.92 Å². The van der Waals surface area contributed by atoms with Crippen LogP contribution in [0.5, 0.6) is 0 Å². The topological polar surface area (TPSA) is 23.6 Å². The standard InChI is InChI=1S/C22H25ClN2O/c23-21-9-7-17(8-10-21)14-24-12-3-6-20(15-24)22(26)25-13-11-18-4-1-2-5-19(18)16-25/h1-2,4-5,7-10,20H,3,6,11-16H2/t20-/m0/s1. The first kappa shape index (κ1) is 17.6. The zero-order chi connectivity index (χ0) is 17.9. The van der Waals surface area contributed by atoms with Crippen molar-refractivity contribution in [3.05, 3.63) is 70.2 Å².